The number of aromatic nitrogens is 2. The first kappa shape index (κ1) is 15.7. The lowest BCUT2D eigenvalue weighted by atomic mass is 10.3. The first-order chi connectivity index (χ1) is 11.6. The maximum atomic E-state index is 13.2. The summed E-state index contributed by atoms with van der Waals surface area (Å²) in [6.45, 7) is 4.23. The Balaban J connectivity index is 1.69. The zero-order chi connectivity index (χ0) is 16.7. The normalized spacial score (nSPS) is 20.0. The van der Waals surface area contributed by atoms with Crippen LogP contribution in [-0.2, 0) is 10.0 Å². The summed E-state index contributed by atoms with van der Waals surface area (Å²) < 4.78 is 36.1. The van der Waals surface area contributed by atoms with Crippen molar-refractivity contribution >= 4 is 38.7 Å². The Morgan fingerprint density at radius 2 is 1.88 bits per heavy atom. The number of hydrogen-bond donors (Lipinski definition) is 0. The fraction of sp³-hybridized carbons (Fsp3) is 0.500. The van der Waals surface area contributed by atoms with E-state index >= 15 is 0 Å². The van der Waals surface area contributed by atoms with Gasteiger partial charge in [0.25, 0.3) is 10.0 Å². The van der Waals surface area contributed by atoms with Crippen molar-refractivity contribution in [3.8, 4) is 0 Å². The Morgan fingerprint density at radius 1 is 1.08 bits per heavy atom. The molecule has 0 aliphatic carbocycles. The highest BCUT2D eigenvalue weighted by molar-refractivity contribution is 7.90. The van der Waals surface area contributed by atoms with Crippen molar-refractivity contribution in [1.29, 1.82) is 0 Å². The molecule has 2 aromatic rings. The van der Waals surface area contributed by atoms with Gasteiger partial charge in [0.2, 0.25) is 5.96 Å². The summed E-state index contributed by atoms with van der Waals surface area (Å²) in [6.07, 6.45) is 0. The Morgan fingerprint density at radius 3 is 2.67 bits per heavy atom. The quantitative estimate of drug-likeness (QED) is 0.760. The van der Waals surface area contributed by atoms with Crippen LogP contribution < -0.4 is 0 Å². The number of aliphatic imine (C=N–C) groups is 1. The third-order valence-electron chi connectivity index (χ3n) is 4.38. The van der Waals surface area contributed by atoms with Crippen molar-refractivity contribution in [2.45, 2.75) is 4.90 Å². The molecule has 1 fully saturated rings. The highest BCUT2D eigenvalue weighted by Gasteiger charge is 2.36. The van der Waals surface area contributed by atoms with Gasteiger partial charge in [-0.15, -0.1) is 0 Å². The van der Waals surface area contributed by atoms with E-state index in [4.69, 9.17) is 0 Å². The number of sulfonamides is 1. The molecule has 0 radical (unpaired) electrons. The van der Waals surface area contributed by atoms with Crippen molar-refractivity contribution in [2.75, 3.05) is 46.3 Å². The van der Waals surface area contributed by atoms with Gasteiger partial charge in [-0.05, 0) is 19.2 Å². The second-order valence-electron chi connectivity index (χ2n) is 5.94. The van der Waals surface area contributed by atoms with Gasteiger partial charge in [-0.1, -0.05) is 6.07 Å². The number of nitrogens with zero attached hydrogens (tertiary/aromatic N) is 6. The molecule has 4 rings (SSSR count). The van der Waals surface area contributed by atoms with Gasteiger partial charge in [0, 0.05) is 26.2 Å². The maximum Gasteiger partial charge on any atom is 0.268 e. The molecule has 0 spiro atoms. The predicted octanol–water partition coefficient (Wildman–Crippen LogP) is 0.299. The van der Waals surface area contributed by atoms with Crippen LogP contribution >= 0.6 is 11.7 Å². The molecule has 10 heteroatoms. The standard InChI is InChI=1S/C14H18N6O2S2/c1-18-7-9-19(10-8-18)14-15-5-6-20(14)24(21,22)12-4-2-3-11-13(12)17-23-16-11/h2-4H,5-10H2,1H3. The topological polar surface area (TPSA) is 82.0 Å². The van der Waals surface area contributed by atoms with E-state index in [9.17, 15) is 8.42 Å². The summed E-state index contributed by atoms with van der Waals surface area (Å²) in [5, 5.41) is 0. The van der Waals surface area contributed by atoms with Gasteiger partial charge in [-0.2, -0.15) is 8.75 Å². The summed E-state index contributed by atoms with van der Waals surface area (Å²) in [5.74, 6) is 0.559. The molecule has 1 aromatic heterocycles. The third-order valence-corrected chi connectivity index (χ3v) is 6.74. The van der Waals surface area contributed by atoms with Crippen LogP contribution in [0.3, 0.4) is 0 Å². The second kappa shape index (κ2) is 5.94. The van der Waals surface area contributed by atoms with E-state index in [0.717, 1.165) is 37.9 Å². The first-order valence-corrected chi connectivity index (χ1v) is 9.96. The molecule has 8 nitrogen and oxygen atoms in total. The van der Waals surface area contributed by atoms with E-state index in [1.807, 2.05) is 0 Å². The molecule has 2 aliphatic rings. The zero-order valence-electron chi connectivity index (χ0n) is 13.3. The molecule has 0 bridgehead atoms. The average molecular weight is 366 g/mol. The van der Waals surface area contributed by atoms with Crippen LogP contribution in [0.2, 0.25) is 0 Å². The molecular weight excluding hydrogens is 348 g/mol. The number of hydrogen-bond acceptors (Lipinski definition) is 8. The first-order valence-electron chi connectivity index (χ1n) is 7.79. The summed E-state index contributed by atoms with van der Waals surface area (Å²) in [5.41, 5.74) is 1.05. The number of fused-ring (bicyclic) bond motifs is 1. The number of rotatable bonds is 2. The zero-order valence-corrected chi connectivity index (χ0v) is 14.9. The molecule has 0 N–H and O–H groups in total. The number of piperazine rings is 1. The summed E-state index contributed by atoms with van der Waals surface area (Å²) in [7, 11) is -1.63. The van der Waals surface area contributed by atoms with Crippen LogP contribution in [0.4, 0.5) is 0 Å². The number of benzene rings is 1. The monoisotopic (exact) mass is 366 g/mol. The second-order valence-corrected chi connectivity index (χ2v) is 8.30. The van der Waals surface area contributed by atoms with Gasteiger partial charge in [0.1, 0.15) is 15.9 Å². The van der Waals surface area contributed by atoms with Crippen molar-refractivity contribution < 1.29 is 8.42 Å². The van der Waals surface area contributed by atoms with Gasteiger partial charge in [0.15, 0.2) is 0 Å². The van der Waals surface area contributed by atoms with Crippen LogP contribution in [0.15, 0.2) is 28.1 Å². The number of likely N-dealkylation sites (N-methyl/N-ethyl adjacent to an activating group) is 1. The smallest absolute Gasteiger partial charge is 0.268 e. The van der Waals surface area contributed by atoms with Crippen molar-refractivity contribution in [3.05, 3.63) is 18.2 Å². The van der Waals surface area contributed by atoms with Gasteiger partial charge in [-0.25, -0.2) is 12.7 Å². The van der Waals surface area contributed by atoms with Gasteiger partial charge >= 0.3 is 0 Å². The average Bonchev–Trinajstić information content (AvgIpc) is 3.24. The van der Waals surface area contributed by atoms with Crippen molar-refractivity contribution in [1.82, 2.24) is 22.9 Å². The molecule has 0 amide bonds. The molecule has 0 saturated carbocycles. The maximum absolute atomic E-state index is 13.2. The third kappa shape index (κ3) is 2.54. The summed E-state index contributed by atoms with van der Waals surface area (Å²) >= 11 is 1.03. The van der Waals surface area contributed by atoms with Crippen LogP contribution in [0.25, 0.3) is 11.0 Å². The molecular formula is C14H18N6O2S2. The Bertz CT molecular complexity index is 886. The van der Waals surface area contributed by atoms with Crippen molar-refractivity contribution in [3.63, 3.8) is 0 Å². The van der Waals surface area contributed by atoms with E-state index in [2.05, 4.69) is 30.6 Å². The number of guanidine groups is 1. The lowest BCUT2D eigenvalue weighted by molar-refractivity contribution is 0.208. The van der Waals surface area contributed by atoms with Crippen LogP contribution in [0, 0.1) is 0 Å². The van der Waals surface area contributed by atoms with E-state index in [1.54, 1.807) is 18.2 Å². The SMILES string of the molecule is CN1CCN(C2=NCCN2S(=O)(=O)c2cccc3nsnc23)CC1. The fourth-order valence-electron chi connectivity index (χ4n) is 3.02. The van der Waals surface area contributed by atoms with Crippen LogP contribution in [-0.4, -0.2) is 83.5 Å². The fourth-order valence-corrected chi connectivity index (χ4v) is 5.22. The van der Waals surface area contributed by atoms with Crippen molar-refractivity contribution in [2.24, 2.45) is 4.99 Å². The predicted molar refractivity (Wildman–Crippen MR) is 92.7 cm³/mol. The highest BCUT2D eigenvalue weighted by atomic mass is 32.2. The van der Waals surface area contributed by atoms with Gasteiger partial charge < -0.3 is 9.80 Å². The molecule has 24 heavy (non-hydrogen) atoms. The Kier molecular flexibility index (Phi) is 3.89. The van der Waals surface area contributed by atoms with E-state index in [0.29, 0.717) is 30.1 Å². The molecule has 0 unspecified atom stereocenters. The van der Waals surface area contributed by atoms with Crippen LogP contribution in [0.1, 0.15) is 0 Å². The highest BCUT2D eigenvalue weighted by Crippen LogP contribution is 2.26. The van der Waals surface area contributed by atoms with Gasteiger partial charge in [0.05, 0.1) is 24.8 Å². The summed E-state index contributed by atoms with van der Waals surface area (Å²) in [4.78, 5) is 8.96. The van der Waals surface area contributed by atoms with Crippen LogP contribution in [0.5, 0.6) is 0 Å². The molecule has 1 aromatic carbocycles. The van der Waals surface area contributed by atoms with Gasteiger partial charge in [-0.3, -0.25) is 4.99 Å². The Labute approximate surface area is 144 Å². The minimum atomic E-state index is -3.70. The lowest BCUT2D eigenvalue weighted by Gasteiger charge is -2.36. The summed E-state index contributed by atoms with van der Waals surface area (Å²) in [6, 6.07) is 5.08. The van der Waals surface area contributed by atoms with E-state index < -0.39 is 10.0 Å². The minimum absolute atomic E-state index is 0.206. The lowest BCUT2D eigenvalue weighted by Crippen LogP contribution is -2.52. The molecule has 0 atom stereocenters. The molecule has 1 saturated heterocycles. The minimum Gasteiger partial charge on any atom is -0.339 e. The van der Waals surface area contributed by atoms with E-state index in [-0.39, 0.29) is 4.90 Å². The molecule has 3 heterocycles. The Hall–Kier alpha value is -1.78. The largest absolute Gasteiger partial charge is 0.339 e. The molecule has 128 valence electrons. The molecule has 2 aliphatic heterocycles. The van der Waals surface area contributed by atoms with E-state index in [1.165, 1.54) is 4.31 Å².